The molecule has 8 heteroatoms. The highest BCUT2D eigenvalue weighted by Gasteiger charge is 2.51. The Morgan fingerprint density at radius 3 is 2.25 bits per heavy atom. The molecule has 0 heterocycles. The van der Waals surface area contributed by atoms with Gasteiger partial charge >= 0.3 is 0 Å². The number of ether oxygens (including phenoxy) is 1. The average molecular weight is 404 g/mol. The summed E-state index contributed by atoms with van der Waals surface area (Å²) >= 11 is 0. The van der Waals surface area contributed by atoms with Gasteiger partial charge in [-0.15, -0.1) is 0 Å². The van der Waals surface area contributed by atoms with E-state index in [0.29, 0.717) is 31.4 Å². The van der Waals surface area contributed by atoms with Crippen molar-refractivity contribution in [3.05, 3.63) is 60.2 Å². The summed E-state index contributed by atoms with van der Waals surface area (Å²) in [4.78, 5) is 12.7. The van der Waals surface area contributed by atoms with Gasteiger partial charge in [0.15, 0.2) is 0 Å². The molecular weight excluding hydrogens is 380 g/mol. The lowest BCUT2D eigenvalue weighted by atomic mass is 9.96. The minimum Gasteiger partial charge on any atom is -0.497 e. The van der Waals surface area contributed by atoms with E-state index in [1.54, 1.807) is 17.6 Å². The molecule has 0 radical (unpaired) electrons. The number of carbonyl (C=O) groups excluding carboxylic acids is 1. The molecule has 1 fully saturated rings. The van der Waals surface area contributed by atoms with Crippen molar-refractivity contribution in [2.75, 3.05) is 7.11 Å². The van der Waals surface area contributed by atoms with E-state index in [0.717, 1.165) is 5.56 Å². The molecule has 1 aliphatic carbocycles. The highest BCUT2D eigenvalue weighted by molar-refractivity contribution is 7.89. The zero-order valence-electron chi connectivity index (χ0n) is 15.7. The SMILES string of the molecule is COc1ccc(S(=O)(=O)N(Cc2ccccc2)C2(C(=O)NO)CCCC2)cc1. The van der Waals surface area contributed by atoms with Crippen molar-refractivity contribution in [3.8, 4) is 5.75 Å². The van der Waals surface area contributed by atoms with E-state index in [1.165, 1.54) is 23.5 Å². The van der Waals surface area contributed by atoms with Gasteiger partial charge in [0.2, 0.25) is 10.0 Å². The number of sulfonamides is 1. The summed E-state index contributed by atoms with van der Waals surface area (Å²) in [6.07, 6.45) is 2.11. The van der Waals surface area contributed by atoms with E-state index in [9.17, 15) is 18.4 Å². The molecule has 0 spiro atoms. The minimum atomic E-state index is -4.02. The molecule has 0 atom stereocenters. The summed E-state index contributed by atoms with van der Waals surface area (Å²) in [7, 11) is -2.51. The van der Waals surface area contributed by atoms with Crippen LogP contribution < -0.4 is 10.2 Å². The predicted molar refractivity (Wildman–Crippen MR) is 103 cm³/mol. The van der Waals surface area contributed by atoms with Crippen molar-refractivity contribution in [2.24, 2.45) is 0 Å². The first kappa shape index (κ1) is 20.3. The maximum Gasteiger partial charge on any atom is 0.264 e. The van der Waals surface area contributed by atoms with E-state index in [-0.39, 0.29) is 11.4 Å². The fourth-order valence-electron chi connectivity index (χ4n) is 3.74. The van der Waals surface area contributed by atoms with Crippen LogP contribution in [0.2, 0.25) is 0 Å². The van der Waals surface area contributed by atoms with Gasteiger partial charge < -0.3 is 4.74 Å². The number of carbonyl (C=O) groups is 1. The van der Waals surface area contributed by atoms with Gasteiger partial charge in [0.05, 0.1) is 12.0 Å². The van der Waals surface area contributed by atoms with Gasteiger partial charge in [-0.2, -0.15) is 4.31 Å². The van der Waals surface area contributed by atoms with Crippen molar-refractivity contribution in [1.82, 2.24) is 9.79 Å². The third-order valence-electron chi connectivity index (χ3n) is 5.25. The Kier molecular flexibility index (Phi) is 6.02. The van der Waals surface area contributed by atoms with E-state index in [2.05, 4.69) is 0 Å². The molecule has 1 aliphatic rings. The maximum absolute atomic E-state index is 13.6. The smallest absolute Gasteiger partial charge is 0.264 e. The zero-order valence-corrected chi connectivity index (χ0v) is 16.5. The normalized spacial score (nSPS) is 16.1. The fourth-order valence-corrected chi connectivity index (χ4v) is 5.52. The highest BCUT2D eigenvalue weighted by atomic mass is 32.2. The van der Waals surface area contributed by atoms with Crippen molar-refractivity contribution >= 4 is 15.9 Å². The Morgan fingerprint density at radius 1 is 1.11 bits per heavy atom. The zero-order chi connectivity index (χ0) is 20.2. The lowest BCUT2D eigenvalue weighted by Crippen LogP contribution is -2.58. The summed E-state index contributed by atoms with van der Waals surface area (Å²) in [5, 5.41) is 9.34. The van der Waals surface area contributed by atoms with Crippen LogP contribution in [-0.2, 0) is 21.4 Å². The number of benzene rings is 2. The van der Waals surface area contributed by atoms with Crippen LogP contribution in [0.3, 0.4) is 0 Å². The quantitative estimate of drug-likeness (QED) is 0.546. The first-order chi connectivity index (χ1) is 13.4. The predicted octanol–water partition coefficient (Wildman–Crippen LogP) is 2.70. The molecule has 3 rings (SSSR count). The molecule has 0 unspecified atom stereocenters. The number of hydroxylamine groups is 1. The highest BCUT2D eigenvalue weighted by Crippen LogP contribution is 2.40. The third-order valence-corrected chi connectivity index (χ3v) is 7.18. The van der Waals surface area contributed by atoms with Crippen molar-refractivity contribution in [1.29, 1.82) is 0 Å². The van der Waals surface area contributed by atoms with Gasteiger partial charge in [0, 0.05) is 6.54 Å². The third kappa shape index (κ3) is 3.76. The summed E-state index contributed by atoms with van der Waals surface area (Å²) in [5.41, 5.74) is 1.12. The molecule has 0 saturated heterocycles. The molecule has 1 amide bonds. The summed E-state index contributed by atoms with van der Waals surface area (Å²) in [6.45, 7) is 0.0304. The number of methoxy groups -OCH3 is 1. The molecular formula is C20H24N2O5S. The van der Waals surface area contributed by atoms with E-state index < -0.39 is 21.5 Å². The number of hydrogen-bond acceptors (Lipinski definition) is 5. The number of nitrogens with zero attached hydrogens (tertiary/aromatic N) is 1. The van der Waals surface area contributed by atoms with Gasteiger partial charge in [-0.25, -0.2) is 13.9 Å². The van der Waals surface area contributed by atoms with Crippen LogP contribution in [0.25, 0.3) is 0 Å². The second-order valence-corrected chi connectivity index (χ2v) is 8.71. The lowest BCUT2D eigenvalue weighted by Gasteiger charge is -2.38. The Bertz CT molecular complexity index is 907. The number of amides is 1. The van der Waals surface area contributed by atoms with Crippen LogP contribution in [-0.4, -0.2) is 36.5 Å². The van der Waals surface area contributed by atoms with E-state index in [4.69, 9.17) is 4.74 Å². The molecule has 2 aromatic carbocycles. The molecule has 28 heavy (non-hydrogen) atoms. The molecule has 2 N–H and O–H groups in total. The van der Waals surface area contributed by atoms with Crippen LogP contribution in [0.1, 0.15) is 31.2 Å². The maximum atomic E-state index is 13.6. The minimum absolute atomic E-state index is 0.0304. The van der Waals surface area contributed by atoms with E-state index >= 15 is 0 Å². The fraction of sp³-hybridized carbons (Fsp3) is 0.350. The Balaban J connectivity index is 2.10. The first-order valence-corrected chi connectivity index (χ1v) is 10.5. The Labute approximate surface area is 164 Å². The summed E-state index contributed by atoms with van der Waals surface area (Å²) in [6, 6.07) is 15.2. The Morgan fingerprint density at radius 2 is 1.71 bits per heavy atom. The van der Waals surface area contributed by atoms with Gasteiger partial charge in [-0.1, -0.05) is 43.2 Å². The van der Waals surface area contributed by atoms with Gasteiger partial charge in [0.1, 0.15) is 11.3 Å². The van der Waals surface area contributed by atoms with Crippen LogP contribution >= 0.6 is 0 Å². The molecule has 0 bridgehead atoms. The number of hydrogen-bond donors (Lipinski definition) is 2. The van der Waals surface area contributed by atoms with Gasteiger partial charge in [-0.3, -0.25) is 10.0 Å². The molecule has 0 aliphatic heterocycles. The second-order valence-electron chi connectivity index (χ2n) is 6.85. The number of rotatable bonds is 7. The monoisotopic (exact) mass is 404 g/mol. The molecule has 0 aromatic heterocycles. The lowest BCUT2D eigenvalue weighted by molar-refractivity contribution is -0.139. The number of nitrogens with one attached hydrogen (secondary N) is 1. The standard InChI is InChI=1S/C20H24N2O5S/c1-27-17-9-11-18(12-10-17)28(25,26)22(15-16-7-3-2-4-8-16)20(19(23)21-24)13-5-6-14-20/h2-4,7-12,24H,5-6,13-15H2,1H3,(H,21,23). The second kappa shape index (κ2) is 8.30. The average Bonchev–Trinajstić information content (AvgIpc) is 3.22. The molecule has 150 valence electrons. The molecule has 1 saturated carbocycles. The van der Waals surface area contributed by atoms with Gasteiger partial charge in [0.25, 0.3) is 5.91 Å². The topological polar surface area (TPSA) is 95.9 Å². The first-order valence-electron chi connectivity index (χ1n) is 9.09. The van der Waals surface area contributed by atoms with E-state index in [1.807, 2.05) is 30.3 Å². The van der Waals surface area contributed by atoms with Crippen molar-refractivity contribution < 1.29 is 23.2 Å². The molecule has 7 nitrogen and oxygen atoms in total. The van der Waals surface area contributed by atoms with Crippen molar-refractivity contribution in [3.63, 3.8) is 0 Å². The van der Waals surface area contributed by atoms with Crippen molar-refractivity contribution in [2.45, 2.75) is 42.7 Å². The van der Waals surface area contributed by atoms with Gasteiger partial charge in [-0.05, 0) is 42.7 Å². The summed E-state index contributed by atoms with van der Waals surface area (Å²) < 4.78 is 33.5. The Hall–Kier alpha value is -2.42. The van der Waals surface area contributed by atoms with Crippen LogP contribution in [0.4, 0.5) is 0 Å². The van der Waals surface area contributed by atoms with Crippen LogP contribution in [0.5, 0.6) is 5.75 Å². The largest absolute Gasteiger partial charge is 0.497 e. The molecule has 2 aromatic rings. The van der Waals surface area contributed by atoms with Crippen LogP contribution in [0, 0.1) is 0 Å². The van der Waals surface area contributed by atoms with Crippen LogP contribution in [0.15, 0.2) is 59.5 Å². The summed E-state index contributed by atoms with van der Waals surface area (Å²) in [5.74, 6) is -0.157.